The number of anilines is 2. The number of nitrogens with one attached hydrogen (secondary N) is 2. The summed E-state index contributed by atoms with van der Waals surface area (Å²) in [6.45, 7) is 0. The minimum Gasteiger partial charge on any atom is -0.446 e. The first-order valence-corrected chi connectivity index (χ1v) is 15.4. The molecule has 0 bridgehead atoms. The van der Waals surface area contributed by atoms with Crippen LogP contribution >= 0.6 is 34.4 Å². The van der Waals surface area contributed by atoms with E-state index in [1.807, 2.05) is 11.8 Å². The molecule has 35 heavy (non-hydrogen) atoms. The summed E-state index contributed by atoms with van der Waals surface area (Å²) in [6, 6.07) is 0. The van der Waals surface area contributed by atoms with Gasteiger partial charge in [-0.1, -0.05) is 48.4 Å². The summed E-state index contributed by atoms with van der Waals surface area (Å²) >= 11 is 4.66. The molecule has 4 rings (SSSR count). The van der Waals surface area contributed by atoms with Crippen molar-refractivity contribution in [3.8, 4) is 0 Å². The van der Waals surface area contributed by atoms with Crippen LogP contribution in [0.15, 0.2) is 0 Å². The van der Waals surface area contributed by atoms with Gasteiger partial charge in [-0.3, -0.25) is 10.1 Å². The first kappa shape index (κ1) is 26.3. The van der Waals surface area contributed by atoms with Gasteiger partial charge in [0.2, 0.25) is 16.2 Å². The molecule has 2 aromatic heterocycles. The minimum absolute atomic E-state index is 0.0227. The van der Waals surface area contributed by atoms with Gasteiger partial charge in [-0.25, -0.2) is 4.79 Å². The maximum Gasteiger partial charge on any atom is 0.413 e. The molecule has 0 saturated heterocycles. The maximum atomic E-state index is 12.3. The molecule has 2 heterocycles. The number of rotatable bonds is 11. The molecule has 2 amide bonds. The van der Waals surface area contributed by atoms with Crippen LogP contribution in [0.1, 0.15) is 80.6 Å². The molecule has 0 atom stereocenters. The van der Waals surface area contributed by atoms with Crippen molar-refractivity contribution in [3.63, 3.8) is 0 Å². The van der Waals surface area contributed by atoms with E-state index in [-0.39, 0.29) is 12.0 Å². The lowest BCUT2D eigenvalue weighted by atomic mass is 9.87. The Hall–Kier alpha value is -1.79. The van der Waals surface area contributed by atoms with Gasteiger partial charge in [0.25, 0.3) is 0 Å². The lowest BCUT2D eigenvalue weighted by molar-refractivity contribution is -0.117. The van der Waals surface area contributed by atoms with Crippen LogP contribution in [0.3, 0.4) is 0 Å². The Labute approximate surface area is 218 Å². The highest BCUT2D eigenvalue weighted by Crippen LogP contribution is 2.27. The number of aromatic nitrogens is 4. The lowest BCUT2D eigenvalue weighted by Gasteiger charge is -2.21. The van der Waals surface area contributed by atoms with E-state index in [1.165, 1.54) is 48.4 Å². The van der Waals surface area contributed by atoms with E-state index in [4.69, 9.17) is 4.74 Å². The van der Waals surface area contributed by atoms with Crippen LogP contribution in [0.4, 0.5) is 15.1 Å². The molecule has 2 aliphatic rings. The van der Waals surface area contributed by atoms with Crippen LogP contribution in [0.25, 0.3) is 0 Å². The second-order valence-corrected chi connectivity index (χ2v) is 12.5. The number of carbonyl (C=O) groups excluding carboxylic acids is 2. The van der Waals surface area contributed by atoms with E-state index in [1.54, 1.807) is 0 Å². The molecule has 2 aromatic rings. The summed E-state index contributed by atoms with van der Waals surface area (Å²) in [7, 11) is 0. The van der Waals surface area contributed by atoms with E-state index in [2.05, 4.69) is 31.0 Å². The van der Waals surface area contributed by atoms with Gasteiger partial charge in [-0.2, -0.15) is 11.8 Å². The Morgan fingerprint density at radius 1 is 0.800 bits per heavy atom. The SMILES string of the molecule is O=C(CC1CCCCC1)Nc1nnc(CCSCCc2nnc(NC(=O)OC3CCCCC3)s2)s1. The summed E-state index contributed by atoms with van der Waals surface area (Å²) in [5, 5.41) is 25.1. The Balaban J connectivity index is 1.08. The smallest absolute Gasteiger partial charge is 0.413 e. The minimum atomic E-state index is -0.435. The molecule has 0 unspecified atom stereocenters. The van der Waals surface area contributed by atoms with Crippen molar-refractivity contribution in [2.75, 3.05) is 22.1 Å². The van der Waals surface area contributed by atoms with E-state index >= 15 is 0 Å². The van der Waals surface area contributed by atoms with Crippen molar-refractivity contribution in [1.82, 2.24) is 20.4 Å². The van der Waals surface area contributed by atoms with Crippen molar-refractivity contribution >= 4 is 56.7 Å². The Kier molecular flexibility index (Phi) is 10.6. The number of aryl methyl sites for hydroxylation is 2. The van der Waals surface area contributed by atoms with Gasteiger partial charge < -0.3 is 10.1 Å². The average molecular weight is 539 g/mol. The fourth-order valence-corrected chi connectivity index (χ4v) is 7.12. The molecule has 0 aromatic carbocycles. The zero-order valence-corrected chi connectivity index (χ0v) is 22.4. The number of thioether (sulfide) groups is 1. The molecule has 2 saturated carbocycles. The van der Waals surface area contributed by atoms with Gasteiger partial charge in [-0.15, -0.1) is 20.4 Å². The van der Waals surface area contributed by atoms with Crippen molar-refractivity contribution in [2.24, 2.45) is 5.92 Å². The van der Waals surface area contributed by atoms with Crippen molar-refractivity contribution in [2.45, 2.75) is 89.6 Å². The maximum absolute atomic E-state index is 12.3. The van der Waals surface area contributed by atoms with E-state index in [9.17, 15) is 9.59 Å². The summed E-state index contributed by atoms with van der Waals surface area (Å²) in [4.78, 5) is 24.3. The quantitative estimate of drug-likeness (QED) is 0.350. The standard InChI is InChI=1S/C23H34N6O3S3/c30-18(15-16-7-3-1-4-8-16)24-21-28-26-19(34-21)11-13-33-14-12-20-27-29-22(35-20)25-23(31)32-17-9-5-2-6-10-17/h16-17H,1-15H2,(H,24,28,30)(H,25,29,31). The van der Waals surface area contributed by atoms with Crippen LogP contribution in [-0.2, 0) is 22.4 Å². The molecule has 9 nitrogen and oxygen atoms in total. The van der Waals surface area contributed by atoms with Crippen molar-refractivity contribution in [1.29, 1.82) is 0 Å². The van der Waals surface area contributed by atoms with Crippen LogP contribution < -0.4 is 10.6 Å². The van der Waals surface area contributed by atoms with Crippen molar-refractivity contribution < 1.29 is 14.3 Å². The van der Waals surface area contributed by atoms with E-state index in [0.717, 1.165) is 72.9 Å². The third-order valence-corrected chi connectivity index (χ3v) is 9.12. The number of hydrogen-bond acceptors (Lipinski definition) is 10. The zero-order chi connectivity index (χ0) is 24.3. The van der Waals surface area contributed by atoms with E-state index in [0.29, 0.717) is 22.6 Å². The van der Waals surface area contributed by atoms with E-state index < -0.39 is 6.09 Å². The number of nitrogens with zero attached hydrogens (tertiary/aromatic N) is 4. The van der Waals surface area contributed by atoms with Gasteiger partial charge in [0, 0.05) is 19.3 Å². The molecule has 0 radical (unpaired) electrons. The van der Waals surface area contributed by atoms with Crippen LogP contribution in [0, 0.1) is 5.92 Å². The number of hydrogen-bond donors (Lipinski definition) is 2. The summed E-state index contributed by atoms with van der Waals surface area (Å²) in [6.07, 6.45) is 13.2. The van der Waals surface area contributed by atoms with Gasteiger partial charge in [0.15, 0.2) is 0 Å². The Morgan fingerprint density at radius 3 is 2.00 bits per heavy atom. The molecule has 0 spiro atoms. The van der Waals surface area contributed by atoms with Crippen LogP contribution in [-0.4, -0.2) is 50.0 Å². The fourth-order valence-electron chi connectivity index (χ4n) is 4.51. The topological polar surface area (TPSA) is 119 Å². The number of ether oxygens (including phenoxy) is 1. The summed E-state index contributed by atoms with van der Waals surface area (Å²) < 4.78 is 5.47. The second kappa shape index (κ2) is 14.1. The fraction of sp³-hybridized carbons (Fsp3) is 0.739. The second-order valence-electron chi connectivity index (χ2n) is 9.16. The molecule has 2 N–H and O–H groups in total. The molecule has 12 heteroatoms. The van der Waals surface area contributed by atoms with Gasteiger partial charge in [0.1, 0.15) is 16.1 Å². The molecule has 0 aliphatic heterocycles. The number of carbonyl (C=O) groups is 2. The molecular weight excluding hydrogens is 504 g/mol. The monoisotopic (exact) mass is 538 g/mol. The predicted molar refractivity (Wildman–Crippen MR) is 141 cm³/mol. The summed E-state index contributed by atoms with van der Waals surface area (Å²) in [5.41, 5.74) is 0. The molecule has 2 fully saturated rings. The third kappa shape index (κ3) is 9.30. The largest absolute Gasteiger partial charge is 0.446 e. The van der Waals surface area contributed by atoms with Gasteiger partial charge >= 0.3 is 6.09 Å². The van der Waals surface area contributed by atoms with Gasteiger partial charge in [0.05, 0.1) is 0 Å². The molecule has 2 aliphatic carbocycles. The first-order valence-electron chi connectivity index (χ1n) is 12.6. The lowest BCUT2D eigenvalue weighted by Crippen LogP contribution is -2.24. The highest BCUT2D eigenvalue weighted by Gasteiger charge is 2.19. The highest BCUT2D eigenvalue weighted by molar-refractivity contribution is 7.99. The first-order chi connectivity index (χ1) is 17.1. The highest BCUT2D eigenvalue weighted by atomic mass is 32.2. The zero-order valence-electron chi connectivity index (χ0n) is 20.0. The van der Waals surface area contributed by atoms with Crippen LogP contribution in [0.2, 0.25) is 0 Å². The summed E-state index contributed by atoms with van der Waals surface area (Å²) in [5.74, 6) is 2.40. The average Bonchev–Trinajstić information content (AvgIpc) is 3.49. The third-order valence-electron chi connectivity index (χ3n) is 6.33. The van der Waals surface area contributed by atoms with Crippen LogP contribution in [0.5, 0.6) is 0 Å². The molecule has 192 valence electrons. The van der Waals surface area contributed by atoms with Crippen molar-refractivity contribution in [3.05, 3.63) is 10.0 Å². The molecular formula is C23H34N6O3S3. The Bertz CT molecular complexity index is 866. The number of amides is 2. The Morgan fingerprint density at radius 2 is 1.37 bits per heavy atom. The predicted octanol–water partition coefficient (Wildman–Crippen LogP) is 5.70. The van der Waals surface area contributed by atoms with Gasteiger partial charge in [-0.05, 0) is 55.9 Å². The normalized spacial score (nSPS) is 17.3.